The zero-order valence-corrected chi connectivity index (χ0v) is 6.10. The van der Waals surface area contributed by atoms with Crippen LogP contribution in [0.15, 0.2) is 12.2 Å². The summed E-state index contributed by atoms with van der Waals surface area (Å²) in [5.41, 5.74) is 0. The lowest BCUT2D eigenvalue weighted by molar-refractivity contribution is 0.102. The molecular weight excluding hydrogens is 146 g/mol. The summed E-state index contributed by atoms with van der Waals surface area (Å²) in [6.07, 6.45) is 3.33. The molecule has 1 aliphatic heterocycles. The number of rotatable bonds is 1. The smallest absolute Gasteiger partial charge is 0.407 e. The van der Waals surface area contributed by atoms with Crippen LogP contribution in [0.5, 0.6) is 0 Å². The fraction of sp³-hybridized carbons (Fsp3) is 0.571. The van der Waals surface area contributed by atoms with Gasteiger partial charge in [-0.25, -0.2) is 4.79 Å². The fourth-order valence-electron chi connectivity index (χ4n) is 1.13. The molecule has 4 heteroatoms. The quantitative estimate of drug-likeness (QED) is 0.538. The fourth-order valence-corrected chi connectivity index (χ4v) is 1.13. The summed E-state index contributed by atoms with van der Waals surface area (Å²) in [5.74, 6) is 0. The molecule has 0 bridgehead atoms. The molecule has 0 fully saturated rings. The van der Waals surface area contributed by atoms with Crippen LogP contribution in [0, 0.1) is 0 Å². The molecular formula is C7H11NO3. The maximum atomic E-state index is 10.5. The van der Waals surface area contributed by atoms with Gasteiger partial charge in [-0.2, -0.15) is 0 Å². The minimum Gasteiger partial charge on any atom is -0.465 e. The number of nitrogens with zero attached hydrogens (tertiary/aromatic N) is 1. The molecule has 0 aromatic heterocycles. The number of hydrogen-bond donors (Lipinski definition) is 2. The normalized spacial score (nSPS) is 23.7. The van der Waals surface area contributed by atoms with Crippen molar-refractivity contribution in [1.29, 1.82) is 0 Å². The lowest BCUT2D eigenvalue weighted by Crippen LogP contribution is -2.43. The molecule has 0 unspecified atom stereocenters. The Labute approximate surface area is 64.7 Å². The molecule has 1 atom stereocenters. The molecule has 1 amide bonds. The highest BCUT2D eigenvalue weighted by Gasteiger charge is 2.22. The summed E-state index contributed by atoms with van der Waals surface area (Å²) in [6, 6.07) is -0.252. The Morgan fingerprint density at radius 3 is 2.82 bits per heavy atom. The number of aliphatic hydroxyl groups is 1. The Kier molecular flexibility index (Phi) is 2.48. The van der Waals surface area contributed by atoms with Crippen LogP contribution in [0.3, 0.4) is 0 Å². The lowest BCUT2D eigenvalue weighted by Gasteiger charge is -2.28. The topological polar surface area (TPSA) is 60.8 Å². The van der Waals surface area contributed by atoms with Crippen LogP contribution in [0.4, 0.5) is 4.79 Å². The van der Waals surface area contributed by atoms with Crippen molar-refractivity contribution in [3.05, 3.63) is 12.2 Å². The van der Waals surface area contributed by atoms with Gasteiger partial charge in [-0.3, -0.25) is 4.90 Å². The number of carbonyl (C=O) groups is 1. The van der Waals surface area contributed by atoms with E-state index >= 15 is 0 Å². The average molecular weight is 157 g/mol. The third-order valence-electron chi connectivity index (χ3n) is 1.77. The van der Waals surface area contributed by atoms with E-state index in [-0.39, 0.29) is 12.6 Å². The van der Waals surface area contributed by atoms with Gasteiger partial charge in [0, 0.05) is 6.54 Å². The summed E-state index contributed by atoms with van der Waals surface area (Å²) in [4.78, 5) is 11.7. The van der Waals surface area contributed by atoms with Crippen LogP contribution in [0.1, 0.15) is 6.42 Å². The van der Waals surface area contributed by atoms with Crippen molar-refractivity contribution in [2.75, 3.05) is 13.2 Å². The van der Waals surface area contributed by atoms with Crippen molar-refractivity contribution in [3.8, 4) is 0 Å². The summed E-state index contributed by atoms with van der Waals surface area (Å²) in [7, 11) is 0. The Bertz CT molecular complexity index is 179. The highest BCUT2D eigenvalue weighted by atomic mass is 16.4. The van der Waals surface area contributed by atoms with Gasteiger partial charge in [-0.1, -0.05) is 12.2 Å². The van der Waals surface area contributed by atoms with Gasteiger partial charge in [0.15, 0.2) is 0 Å². The standard InChI is InChI=1S/C7H11NO3/c9-5-6-3-1-2-4-8(6)7(10)11/h1-2,6,9H,3-5H2,(H,10,11)/t6-/m0/s1. The largest absolute Gasteiger partial charge is 0.465 e. The van der Waals surface area contributed by atoms with E-state index < -0.39 is 6.09 Å². The van der Waals surface area contributed by atoms with Crippen molar-refractivity contribution in [1.82, 2.24) is 4.90 Å². The molecule has 0 saturated heterocycles. The molecule has 62 valence electrons. The lowest BCUT2D eigenvalue weighted by atomic mass is 10.1. The summed E-state index contributed by atoms with van der Waals surface area (Å²) in [6.45, 7) is 0.289. The van der Waals surface area contributed by atoms with E-state index in [1.165, 1.54) is 4.90 Å². The van der Waals surface area contributed by atoms with Crippen molar-refractivity contribution < 1.29 is 15.0 Å². The van der Waals surface area contributed by atoms with Gasteiger partial charge in [0.05, 0.1) is 12.6 Å². The molecule has 0 aliphatic carbocycles. The highest BCUT2D eigenvalue weighted by molar-refractivity contribution is 5.66. The van der Waals surface area contributed by atoms with Crippen molar-refractivity contribution in [2.24, 2.45) is 0 Å². The first-order valence-electron chi connectivity index (χ1n) is 3.51. The summed E-state index contributed by atoms with van der Waals surface area (Å²) >= 11 is 0. The first kappa shape index (κ1) is 8.07. The van der Waals surface area contributed by atoms with E-state index in [1.54, 1.807) is 6.08 Å². The van der Waals surface area contributed by atoms with Crippen molar-refractivity contribution in [3.63, 3.8) is 0 Å². The Morgan fingerprint density at radius 2 is 2.36 bits per heavy atom. The molecule has 1 aliphatic rings. The number of amides is 1. The first-order valence-corrected chi connectivity index (χ1v) is 3.51. The molecule has 11 heavy (non-hydrogen) atoms. The predicted octanol–water partition coefficient (Wildman–Crippen LogP) is 0.287. The molecule has 0 spiro atoms. The van der Waals surface area contributed by atoms with E-state index in [2.05, 4.69) is 0 Å². The van der Waals surface area contributed by atoms with E-state index in [0.29, 0.717) is 13.0 Å². The Morgan fingerprint density at radius 1 is 1.64 bits per heavy atom. The van der Waals surface area contributed by atoms with E-state index in [9.17, 15) is 4.79 Å². The molecule has 2 N–H and O–H groups in total. The zero-order valence-electron chi connectivity index (χ0n) is 6.10. The third kappa shape index (κ3) is 1.71. The maximum Gasteiger partial charge on any atom is 0.407 e. The van der Waals surface area contributed by atoms with Crippen LogP contribution in [-0.4, -0.2) is 40.4 Å². The monoisotopic (exact) mass is 157 g/mol. The van der Waals surface area contributed by atoms with E-state index in [4.69, 9.17) is 10.2 Å². The average Bonchev–Trinajstić information content (AvgIpc) is 2.04. The van der Waals surface area contributed by atoms with Crippen molar-refractivity contribution in [2.45, 2.75) is 12.5 Å². The minimum atomic E-state index is -0.964. The Balaban J connectivity index is 2.61. The van der Waals surface area contributed by atoms with Crippen LogP contribution < -0.4 is 0 Å². The summed E-state index contributed by atoms with van der Waals surface area (Å²) < 4.78 is 0. The highest BCUT2D eigenvalue weighted by Crippen LogP contribution is 2.10. The summed E-state index contributed by atoms with van der Waals surface area (Å²) in [5, 5.41) is 17.4. The van der Waals surface area contributed by atoms with Gasteiger partial charge in [0.2, 0.25) is 0 Å². The molecule has 0 aromatic rings. The van der Waals surface area contributed by atoms with Gasteiger partial charge < -0.3 is 10.2 Å². The SMILES string of the molecule is O=C(O)N1CC=CC[C@H]1CO. The van der Waals surface area contributed by atoms with E-state index in [0.717, 1.165) is 0 Å². The molecule has 0 radical (unpaired) electrons. The second kappa shape index (κ2) is 3.39. The van der Waals surface area contributed by atoms with Gasteiger partial charge in [-0.15, -0.1) is 0 Å². The van der Waals surface area contributed by atoms with Gasteiger partial charge >= 0.3 is 6.09 Å². The molecule has 1 rings (SSSR count). The predicted molar refractivity (Wildman–Crippen MR) is 39.4 cm³/mol. The minimum absolute atomic E-state index is 0.101. The maximum absolute atomic E-state index is 10.5. The van der Waals surface area contributed by atoms with Crippen molar-refractivity contribution >= 4 is 6.09 Å². The van der Waals surface area contributed by atoms with Crippen LogP contribution in [0.25, 0.3) is 0 Å². The van der Waals surface area contributed by atoms with Gasteiger partial charge in [0.1, 0.15) is 0 Å². The van der Waals surface area contributed by atoms with Crippen LogP contribution in [0.2, 0.25) is 0 Å². The van der Waals surface area contributed by atoms with Crippen LogP contribution >= 0.6 is 0 Å². The first-order chi connectivity index (χ1) is 5.25. The molecule has 1 heterocycles. The second-order valence-corrected chi connectivity index (χ2v) is 2.48. The number of hydrogen-bond acceptors (Lipinski definition) is 2. The number of aliphatic hydroxyl groups excluding tert-OH is 1. The molecule has 4 nitrogen and oxygen atoms in total. The van der Waals surface area contributed by atoms with Gasteiger partial charge in [0.25, 0.3) is 0 Å². The number of carboxylic acid groups (broad SMARTS) is 1. The van der Waals surface area contributed by atoms with Crippen LogP contribution in [-0.2, 0) is 0 Å². The molecule has 0 aromatic carbocycles. The third-order valence-corrected chi connectivity index (χ3v) is 1.77. The van der Waals surface area contributed by atoms with E-state index in [1.807, 2.05) is 6.08 Å². The molecule has 0 saturated carbocycles. The Hall–Kier alpha value is -1.03. The second-order valence-electron chi connectivity index (χ2n) is 2.48. The zero-order chi connectivity index (χ0) is 8.27. The van der Waals surface area contributed by atoms with Gasteiger partial charge in [-0.05, 0) is 6.42 Å².